The molecule has 3 aromatic rings. The second-order valence-electron chi connectivity index (χ2n) is 9.85. The maximum atomic E-state index is 13.3. The van der Waals surface area contributed by atoms with E-state index in [0.29, 0.717) is 35.9 Å². The molecular formula is C31H34N4O7. The Morgan fingerprint density at radius 2 is 1.62 bits per heavy atom. The predicted molar refractivity (Wildman–Crippen MR) is 155 cm³/mol. The highest BCUT2D eigenvalue weighted by Crippen LogP contribution is 2.40. The minimum atomic E-state index is -0.883. The fraction of sp³-hybridized carbons (Fsp3) is 0.323. The maximum absolute atomic E-state index is 13.3. The maximum Gasteiger partial charge on any atom is 0.336 e. The van der Waals surface area contributed by atoms with Gasteiger partial charge in [-0.2, -0.15) is 0 Å². The van der Waals surface area contributed by atoms with Crippen LogP contribution in [-0.4, -0.2) is 47.4 Å². The highest BCUT2D eigenvalue weighted by atomic mass is 16.6. The monoisotopic (exact) mass is 574 g/mol. The molecule has 0 amide bonds. The number of nitrogens with zero attached hydrogens (tertiary/aromatic N) is 2. The number of benzene rings is 2. The summed E-state index contributed by atoms with van der Waals surface area (Å²) in [6.07, 6.45) is 4.96. The summed E-state index contributed by atoms with van der Waals surface area (Å²) in [6.45, 7) is 4.10. The summed E-state index contributed by atoms with van der Waals surface area (Å²) >= 11 is 0. The summed E-state index contributed by atoms with van der Waals surface area (Å²) in [4.78, 5) is 37.0. The quantitative estimate of drug-likeness (QED) is 0.116. The lowest BCUT2D eigenvalue weighted by molar-refractivity contribution is -0.384. The Hall–Kier alpha value is -4.93. The van der Waals surface area contributed by atoms with Gasteiger partial charge in [-0.3, -0.25) is 15.2 Å². The number of nitro groups is 1. The number of unbranched alkanes of at least 4 members (excludes halogenated alkanes) is 3. The van der Waals surface area contributed by atoms with Crippen LogP contribution in [0.1, 0.15) is 51.0 Å². The molecule has 2 N–H and O–H groups in total. The number of methoxy groups -OCH3 is 1. The number of carbonyl (C=O) groups excluding carboxylic acids is 2. The first-order valence-corrected chi connectivity index (χ1v) is 13.7. The number of aromatic nitrogens is 2. The number of rotatable bonds is 13. The van der Waals surface area contributed by atoms with Crippen molar-refractivity contribution in [2.45, 2.75) is 45.4 Å². The van der Waals surface area contributed by atoms with Crippen LogP contribution in [0.25, 0.3) is 11.1 Å². The van der Waals surface area contributed by atoms with Crippen molar-refractivity contribution in [3.8, 4) is 17.0 Å². The zero-order valence-electron chi connectivity index (χ0n) is 23.8. The van der Waals surface area contributed by atoms with Gasteiger partial charge in [-0.25, -0.2) is 9.59 Å². The topological polar surface area (TPSA) is 146 Å². The third-order valence-electron chi connectivity index (χ3n) is 7.00. The van der Waals surface area contributed by atoms with Crippen LogP contribution in [0.3, 0.4) is 0 Å². The lowest BCUT2D eigenvalue weighted by Gasteiger charge is -2.30. The van der Waals surface area contributed by atoms with E-state index in [4.69, 9.17) is 14.2 Å². The molecule has 0 aliphatic carbocycles. The molecule has 0 saturated carbocycles. The first-order chi connectivity index (χ1) is 20.3. The molecule has 0 bridgehead atoms. The van der Waals surface area contributed by atoms with E-state index in [1.54, 1.807) is 19.9 Å². The molecule has 4 rings (SSSR count). The van der Waals surface area contributed by atoms with E-state index >= 15 is 0 Å². The molecular weight excluding hydrogens is 540 g/mol. The third kappa shape index (κ3) is 7.03. The number of carbonyl (C=O) groups is 2. The van der Waals surface area contributed by atoms with Crippen LogP contribution < -0.4 is 10.1 Å². The van der Waals surface area contributed by atoms with E-state index < -0.39 is 22.8 Å². The van der Waals surface area contributed by atoms with Crippen LogP contribution in [0.2, 0.25) is 0 Å². The predicted octanol–water partition coefficient (Wildman–Crippen LogP) is 5.58. The van der Waals surface area contributed by atoms with Gasteiger partial charge in [0.2, 0.25) is 5.88 Å². The Morgan fingerprint density at radius 3 is 2.31 bits per heavy atom. The summed E-state index contributed by atoms with van der Waals surface area (Å²) in [5, 5.41) is 21.5. The SMILES string of the molecule is COC(=O)C1=C(C)NC(C)=C(C(=O)OCCCCCCOc2n[nH]cc2-c2ccccc2)C1c1cccc([N+](=O)[O-])c1. The number of nitrogens with one attached hydrogen (secondary N) is 2. The van der Waals surface area contributed by atoms with Crippen molar-refractivity contribution < 1.29 is 28.7 Å². The van der Waals surface area contributed by atoms with Gasteiger partial charge in [0.15, 0.2) is 0 Å². The van der Waals surface area contributed by atoms with Gasteiger partial charge in [-0.15, -0.1) is 5.10 Å². The largest absolute Gasteiger partial charge is 0.476 e. The van der Waals surface area contributed by atoms with Gasteiger partial charge in [-0.1, -0.05) is 42.5 Å². The number of allylic oxidation sites excluding steroid dienone is 2. The molecule has 42 heavy (non-hydrogen) atoms. The first kappa shape index (κ1) is 30.0. The minimum absolute atomic E-state index is 0.147. The normalized spacial score (nSPS) is 14.8. The molecule has 1 unspecified atom stereocenters. The molecule has 1 aliphatic rings. The van der Waals surface area contributed by atoms with E-state index in [-0.39, 0.29) is 23.4 Å². The molecule has 11 heteroatoms. The third-order valence-corrected chi connectivity index (χ3v) is 7.00. The number of nitro benzene ring substituents is 1. The van der Waals surface area contributed by atoms with Crippen molar-refractivity contribution in [3.63, 3.8) is 0 Å². The van der Waals surface area contributed by atoms with Crippen molar-refractivity contribution >= 4 is 17.6 Å². The van der Waals surface area contributed by atoms with Gasteiger partial charge >= 0.3 is 11.9 Å². The standard InChI is InChI=1S/C31H34N4O7/c1-20-26(30(36)40-3)28(23-14-11-15-24(18-23)35(38)39)27(21(2)33-20)31(37)42-17-10-5-4-9-16-41-29-25(19-32-34-29)22-12-7-6-8-13-22/h6-8,11-15,18-19,28,33H,4-5,9-10,16-17H2,1-3H3,(H,32,34). The number of hydrogen-bond donors (Lipinski definition) is 2. The van der Waals surface area contributed by atoms with Gasteiger partial charge in [0, 0.05) is 29.7 Å². The summed E-state index contributed by atoms with van der Waals surface area (Å²) in [5.74, 6) is -1.55. The molecule has 220 valence electrons. The van der Waals surface area contributed by atoms with Gasteiger partial charge < -0.3 is 19.5 Å². The lowest BCUT2D eigenvalue weighted by atomic mass is 9.80. The van der Waals surface area contributed by atoms with Crippen molar-refractivity contribution in [1.29, 1.82) is 0 Å². The van der Waals surface area contributed by atoms with Crippen LogP contribution in [0.15, 0.2) is 83.3 Å². The van der Waals surface area contributed by atoms with Crippen LogP contribution in [0, 0.1) is 10.1 Å². The van der Waals surface area contributed by atoms with Crippen LogP contribution in [-0.2, 0) is 19.1 Å². The molecule has 0 radical (unpaired) electrons. The van der Waals surface area contributed by atoms with Gasteiger partial charge in [-0.05, 0) is 50.7 Å². The molecule has 2 aromatic carbocycles. The number of H-pyrrole nitrogens is 1. The van der Waals surface area contributed by atoms with E-state index in [2.05, 4.69) is 15.5 Å². The smallest absolute Gasteiger partial charge is 0.336 e. The number of aromatic amines is 1. The molecule has 1 atom stereocenters. The number of esters is 2. The molecule has 1 aliphatic heterocycles. The number of dihydropyridines is 1. The van der Waals surface area contributed by atoms with Gasteiger partial charge in [0.25, 0.3) is 5.69 Å². The first-order valence-electron chi connectivity index (χ1n) is 13.7. The van der Waals surface area contributed by atoms with Crippen molar-refractivity contribution in [3.05, 3.63) is 99.0 Å². The van der Waals surface area contributed by atoms with Gasteiger partial charge in [0.1, 0.15) is 0 Å². The summed E-state index contributed by atoms with van der Waals surface area (Å²) in [6, 6.07) is 15.8. The highest BCUT2D eigenvalue weighted by Gasteiger charge is 2.38. The Bertz CT molecular complexity index is 1490. The summed E-state index contributed by atoms with van der Waals surface area (Å²) < 4.78 is 16.5. The average molecular weight is 575 g/mol. The van der Waals surface area contributed by atoms with Crippen molar-refractivity contribution in [2.75, 3.05) is 20.3 Å². The fourth-order valence-electron chi connectivity index (χ4n) is 4.98. The Balaban J connectivity index is 1.32. The van der Waals surface area contributed by atoms with Crippen LogP contribution >= 0.6 is 0 Å². The second-order valence-corrected chi connectivity index (χ2v) is 9.85. The molecule has 0 fully saturated rings. The second kappa shape index (κ2) is 14.1. The Labute approximate surface area is 243 Å². The number of non-ortho nitro benzene ring substituents is 1. The molecule has 11 nitrogen and oxygen atoms in total. The number of hydrogen-bond acceptors (Lipinski definition) is 9. The molecule has 1 aromatic heterocycles. The summed E-state index contributed by atoms with van der Waals surface area (Å²) in [5.41, 5.74) is 3.63. The minimum Gasteiger partial charge on any atom is -0.476 e. The number of ether oxygens (including phenoxy) is 3. The van der Waals surface area contributed by atoms with E-state index in [1.165, 1.54) is 25.3 Å². The summed E-state index contributed by atoms with van der Waals surface area (Å²) in [7, 11) is 1.25. The zero-order chi connectivity index (χ0) is 30.1. The Kier molecular flexibility index (Phi) is 10.1. The van der Waals surface area contributed by atoms with Gasteiger partial charge in [0.05, 0.1) is 47.9 Å². The van der Waals surface area contributed by atoms with E-state index in [1.807, 2.05) is 36.5 Å². The Morgan fingerprint density at radius 1 is 0.929 bits per heavy atom. The van der Waals surface area contributed by atoms with E-state index in [0.717, 1.165) is 30.4 Å². The van der Waals surface area contributed by atoms with Crippen molar-refractivity contribution in [1.82, 2.24) is 15.5 Å². The molecule has 0 spiro atoms. The van der Waals surface area contributed by atoms with Crippen molar-refractivity contribution in [2.24, 2.45) is 0 Å². The highest BCUT2D eigenvalue weighted by molar-refractivity contribution is 5.99. The lowest BCUT2D eigenvalue weighted by Crippen LogP contribution is -2.32. The van der Waals surface area contributed by atoms with Crippen LogP contribution in [0.5, 0.6) is 5.88 Å². The van der Waals surface area contributed by atoms with E-state index in [9.17, 15) is 19.7 Å². The molecule has 2 heterocycles. The fourth-order valence-corrected chi connectivity index (χ4v) is 4.98. The molecule has 0 saturated heterocycles. The zero-order valence-corrected chi connectivity index (χ0v) is 23.8. The van der Waals surface area contributed by atoms with Crippen LogP contribution in [0.4, 0.5) is 5.69 Å². The average Bonchev–Trinajstić information content (AvgIpc) is 3.46.